The summed E-state index contributed by atoms with van der Waals surface area (Å²) in [6.07, 6.45) is 1.95. The highest BCUT2D eigenvalue weighted by atomic mass is 79.9. The fraction of sp³-hybridized carbons (Fsp3) is 0.333. The van der Waals surface area contributed by atoms with E-state index in [1.165, 1.54) is 12.1 Å². The van der Waals surface area contributed by atoms with E-state index in [1.54, 1.807) is 7.11 Å². The van der Waals surface area contributed by atoms with E-state index >= 15 is 0 Å². The second kappa shape index (κ2) is 5.35. The van der Waals surface area contributed by atoms with Gasteiger partial charge in [-0.05, 0) is 40.4 Å². The summed E-state index contributed by atoms with van der Waals surface area (Å²) in [4.78, 5) is 16.2. The van der Waals surface area contributed by atoms with Crippen LogP contribution in [0.5, 0.6) is 0 Å². The maximum Gasteiger partial charge on any atom is 0.336 e. The average molecular weight is 354 g/mol. The molecule has 0 radical (unpaired) electrons. The van der Waals surface area contributed by atoms with Gasteiger partial charge < -0.3 is 9.84 Å². The lowest BCUT2D eigenvalue weighted by molar-refractivity contribution is 0.0690. The Morgan fingerprint density at radius 1 is 1.52 bits per heavy atom. The Morgan fingerprint density at radius 2 is 2.29 bits per heavy atom. The van der Waals surface area contributed by atoms with Gasteiger partial charge in [0.1, 0.15) is 5.82 Å². The van der Waals surface area contributed by atoms with Crippen LogP contribution in [0.25, 0.3) is 10.9 Å². The molecule has 1 unspecified atom stereocenters. The quantitative estimate of drug-likeness (QED) is 0.899. The lowest BCUT2D eigenvalue weighted by Gasteiger charge is -2.25. The number of pyridine rings is 1. The summed E-state index contributed by atoms with van der Waals surface area (Å²) in [7, 11) is 1.62. The van der Waals surface area contributed by atoms with Gasteiger partial charge in [0, 0.05) is 30.7 Å². The van der Waals surface area contributed by atoms with Crippen molar-refractivity contribution in [3.05, 3.63) is 39.2 Å². The molecule has 1 aliphatic carbocycles. The van der Waals surface area contributed by atoms with Crippen LogP contribution >= 0.6 is 15.9 Å². The third kappa shape index (κ3) is 2.42. The number of fused-ring (bicyclic) bond motifs is 2. The summed E-state index contributed by atoms with van der Waals surface area (Å²) < 4.78 is 19.3. The molecule has 0 fully saturated rings. The summed E-state index contributed by atoms with van der Waals surface area (Å²) in [6.45, 7) is 0. The molecule has 1 aromatic heterocycles. The molecule has 0 bridgehead atoms. The second-order valence-electron chi connectivity index (χ2n) is 5.10. The Balaban J connectivity index is 2.32. The van der Waals surface area contributed by atoms with E-state index in [2.05, 4.69) is 20.9 Å². The van der Waals surface area contributed by atoms with Crippen molar-refractivity contribution in [1.29, 1.82) is 0 Å². The highest BCUT2D eigenvalue weighted by Crippen LogP contribution is 2.32. The van der Waals surface area contributed by atoms with Crippen LogP contribution in [0, 0.1) is 5.82 Å². The summed E-state index contributed by atoms with van der Waals surface area (Å²) in [5.41, 5.74) is 2.02. The Hall–Kier alpha value is -1.53. The van der Waals surface area contributed by atoms with Gasteiger partial charge in [-0.3, -0.25) is 4.98 Å². The van der Waals surface area contributed by atoms with Crippen molar-refractivity contribution in [2.24, 2.45) is 0 Å². The number of carbonyl (C=O) groups is 1. The maximum atomic E-state index is 13.7. The molecule has 3 rings (SSSR count). The third-order valence-electron chi connectivity index (χ3n) is 3.90. The highest BCUT2D eigenvalue weighted by molar-refractivity contribution is 9.10. The zero-order valence-corrected chi connectivity index (χ0v) is 12.9. The third-order valence-corrected chi connectivity index (χ3v) is 4.50. The van der Waals surface area contributed by atoms with Gasteiger partial charge in [0.25, 0.3) is 0 Å². The molecule has 0 saturated heterocycles. The van der Waals surface area contributed by atoms with Crippen molar-refractivity contribution in [1.82, 2.24) is 4.98 Å². The Kier molecular flexibility index (Phi) is 3.67. The fourth-order valence-electron chi connectivity index (χ4n) is 2.85. The number of hydrogen-bond donors (Lipinski definition) is 1. The zero-order chi connectivity index (χ0) is 15.1. The average Bonchev–Trinajstić information content (AvgIpc) is 2.45. The number of carboxylic acid groups (broad SMARTS) is 1. The minimum atomic E-state index is -1.02. The predicted molar refractivity (Wildman–Crippen MR) is 79.2 cm³/mol. The van der Waals surface area contributed by atoms with Gasteiger partial charge in [-0.25, -0.2) is 9.18 Å². The maximum absolute atomic E-state index is 13.7. The number of aryl methyl sites for hydroxylation is 1. The molecule has 1 aliphatic rings. The van der Waals surface area contributed by atoms with E-state index in [0.29, 0.717) is 29.3 Å². The second-order valence-corrected chi connectivity index (χ2v) is 5.96. The van der Waals surface area contributed by atoms with E-state index in [9.17, 15) is 14.3 Å². The first-order valence-electron chi connectivity index (χ1n) is 6.58. The van der Waals surface area contributed by atoms with E-state index in [1.807, 2.05) is 0 Å². The number of ether oxygens (including phenoxy) is 1. The number of rotatable bonds is 2. The van der Waals surface area contributed by atoms with Crippen LogP contribution in [0.15, 0.2) is 16.6 Å². The molecule has 6 heteroatoms. The number of carboxylic acids is 1. The Morgan fingerprint density at radius 3 is 2.95 bits per heavy atom. The molecule has 110 valence electrons. The van der Waals surface area contributed by atoms with Gasteiger partial charge in [-0.2, -0.15) is 0 Å². The lowest BCUT2D eigenvalue weighted by atomic mass is 9.88. The van der Waals surface area contributed by atoms with E-state index < -0.39 is 11.8 Å². The summed E-state index contributed by atoms with van der Waals surface area (Å²) >= 11 is 3.10. The molecule has 4 nitrogen and oxygen atoms in total. The van der Waals surface area contributed by atoms with Crippen LogP contribution in [-0.4, -0.2) is 29.3 Å². The minimum absolute atomic E-state index is 0.00117. The number of nitrogens with zero attached hydrogens (tertiary/aromatic N) is 1. The smallest absolute Gasteiger partial charge is 0.336 e. The van der Waals surface area contributed by atoms with Gasteiger partial charge in [0.15, 0.2) is 0 Å². The molecule has 1 N–H and O–H groups in total. The molecular formula is C15H13BrFNO3. The molecule has 0 spiro atoms. The van der Waals surface area contributed by atoms with Gasteiger partial charge >= 0.3 is 5.97 Å². The normalized spacial score (nSPS) is 17.8. The van der Waals surface area contributed by atoms with Gasteiger partial charge in [0.05, 0.1) is 21.7 Å². The number of aromatic carboxylic acids is 1. The molecule has 21 heavy (non-hydrogen) atoms. The van der Waals surface area contributed by atoms with Crippen LogP contribution in [0.3, 0.4) is 0 Å². The topological polar surface area (TPSA) is 59.4 Å². The van der Waals surface area contributed by atoms with E-state index in [-0.39, 0.29) is 16.1 Å². The standard InChI is InChI=1S/C15H13BrFNO3/c1-21-7-2-3-12-8(4-7)14(15(19)20)9-5-10(16)11(17)6-13(9)18-12/h5-7H,2-4H2,1H3,(H,19,20). The number of benzene rings is 1. The number of aromatic nitrogens is 1. The van der Waals surface area contributed by atoms with Gasteiger partial charge in [0.2, 0.25) is 0 Å². The fourth-order valence-corrected chi connectivity index (χ4v) is 3.19. The minimum Gasteiger partial charge on any atom is -0.478 e. The number of methoxy groups -OCH3 is 1. The van der Waals surface area contributed by atoms with E-state index in [4.69, 9.17) is 4.74 Å². The van der Waals surface area contributed by atoms with E-state index in [0.717, 1.165) is 12.1 Å². The predicted octanol–water partition coefficient (Wildman–Crippen LogP) is 3.34. The van der Waals surface area contributed by atoms with Crippen molar-refractivity contribution in [2.45, 2.75) is 25.4 Å². The van der Waals surface area contributed by atoms with Crippen LogP contribution in [-0.2, 0) is 17.6 Å². The van der Waals surface area contributed by atoms with Gasteiger partial charge in [-0.1, -0.05) is 0 Å². The molecule has 1 heterocycles. The zero-order valence-electron chi connectivity index (χ0n) is 11.3. The van der Waals surface area contributed by atoms with Crippen molar-refractivity contribution in [3.63, 3.8) is 0 Å². The molecule has 1 aromatic carbocycles. The molecule has 1 atom stereocenters. The molecule has 0 saturated carbocycles. The largest absolute Gasteiger partial charge is 0.478 e. The Labute approximate surface area is 129 Å². The SMILES string of the molecule is COC1CCc2nc3cc(F)c(Br)cc3c(C(=O)O)c2C1. The first kappa shape index (κ1) is 14.4. The van der Waals surface area contributed by atoms with Gasteiger partial charge in [-0.15, -0.1) is 0 Å². The van der Waals surface area contributed by atoms with Crippen LogP contribution in [0.1, 0.15) is 28.0 Å². The van der Waals surface area contributed by atoms with Crippen molar-refractivity contribution in [3.8, 4) is 0 Å². The first-order valence-corrected chi connectivity index (χ1v) is 7.37. The summed E-state index contributed by atoms with van der Waals surface area (Å²) in [5.74, 6) is -1.47. The van der Waals surface area contributed by atoms with Crippen LogP contribution < -0.4 is 0 Å². The lowest BCUT2D eigenvalue weighted by Crippen LogP contribution is -2.24. The summed E-state index contributed by atoms with van der Waals surface area (Å²) in [6, 6.07) is 2.76. The highest BCUT2D eigenvalue weighted by Gasteiger charge is 2.27. The van der Waals surface area contributed by atoms with Crippen molar-refractivity contribution < 1.29 is 19.0 Å². The summed E-state index contributed by atoms with van der Waals surface area (Å²) in [5, 5.41) is 10.0. The number of halogens is 2. The molecule has 0 amide bonds. The van der Waals surface area contributed by atoms with Crippen LogP contribution in [0.2, 0.25) is 0 Å². The Bertz CT molecular complexity index is 748. The first-order chi connectivity index (χ1) is 10.0. The van der Waals surface area contributed by atoms with Crippen molar-refractivity contribution in [2.75, 3.05) is 7.11 Å². The molecular weight excluding hydrogens is 341 g/mol. The van der Waals surface area contributed by atoms with Crippen LogP contribution in [0.4, 0.5) is 4.39 Å². The van der Waals surface area contributed by atoms with Crippen molar-refractivity contribution >= 4 is 32.8 Å². The molecule has 0 aliphatic heterocycles. The monoisotopic (exact) mass is 353 g/mol. The number of hydrogen-bond acceptors (Lipinski definition) is 3. The molecule has 2 aromatic rings.